The fourth-order valence-electron chi connectivity index (χ4n) is 2.75. The van der Waals surface area contributed by atoms with Gasteiger partial charge in [0.2, 0.25) is 16.0 Å². The minimum Gasteiger partial charge on any atom is -0.300 e. The SMILES string of the molecule is Cc1cc(=O)n2nc(NC(=O)C3(c4cccc(Br)c4)CC3)sc2n1. The predicted octanol–water partition coefficient (Wildman–Crippen LogP) is 2.89. The summed E-state index contributed by atoms with van der Waals surface area (Å²) in [5.74, 6) is -0.0931. The molecule has 1 N–H and O–H groups in total. The van der Waals surface area contributed by atoms with Crippen LogP contribution in [0.1, 0.15) is 24.1 Å². The van der Waals surface area contributed by atoms with Crippen molar-refractivity contribution in [2.45, 2.75) is 25.2 Å². The number of halogens is 1. The lowest BCUT2D eigenvalue weighted by Gasteiger charge is -2.14. The molecule has 24 heavy (non-hydrogen) atoms. The molecule has 122 valence electrons. The van der Waals surface area contributed by atoms with E-state index < -0.39 is 5.41 Å². The minimum absolute atomic E-state index is 0.0931. The molecule has 0 atom stereocenters. The van der Waals surface area contributed by atoms with Crippen LogP contribution in [0.25, 0.3) is 4.96 Å². The van der Waals surface area contributed by atoms with Gasteiger partial charge in [-0.1, -0.05) is 39.4 Å². The molecular weight excluding hydrogens is 392 g/mol. The van der Waals surface area contributed by atoms with Gasteiger partial charge >= 0.3 is 0 Å². The third-order valence-corrected chi connectivity index (χ3v) is 5.47. The molecule has 1 aliphatic carbocycles. The number of nitrogens with one attached hydrogen (secondary N) is 1. The van der Waals surface area contributed by atoms with Crippen molar-refractivity contribution in [2.75, 3.05) is 5.32 Å². The van der Waals surface area contributed by atoms with Crippen molar-refractivity contribution >= 4 is 43.3 Å². The molecule has 4 rings (SSSR count). The van der Waals surface area contributed by atoms with Gasteiger partial charge in [0.15, 0.2) is 0 Å². The second-order valence-electron chi connectivity index (χ2n) is 5.88. The van der Waals surface area contributed by atoms with Gasteiger partial charge in [0.05, 0.1) is 5.41 Å². The monoisotopic (exact) mass is 404 g/mol. The highest BCUT2D eigenvalue weighted by Gasteiger charge is 2.51. The van der Waals surface area contributed by atoms with Crippen LogP contribution in [0.3, 0.4) is 0 Å². The van der Waals surface area contributed by atoms with Crippen molar-refractivity contribution < 1.29 is 4.79 Å². The highest BCUT2D eigenvalue weighted by atomic mass is 79.9. The Hall–Kier alpha value is -2.06. The molecule has 0 aliphatic heterocycles. The molecule has 1 aliphatic rings. The van der Waals surface area contributed by atoms with Gasteiger partial charge in [-0.05, 0) is 37.5 Å². The highest BCUT2D eigenvalue weighted by molar-refractivity contribution is 9.10. The van der Waals surface area contributed by atoms with Crippen LogP contribution in [0.5, 0.6) is 0 Å². The topological polar surface area (TPSA) is 76.4 Å². The van der Waals surface area contributed by atoms with E-state index in [2.05, 4.69) is 31.3 Å². The molecule has 0 unspecified atom stereocenters. The van der Waals surface area contributed by atoms with Gasteiger partial charge in [0.25, 0.3) is 5.56 Å². The molecule has 1 aromatic carbocycles. The van der Waals surface area contributed by atoms with Gasteiger partial charge in [-0.15, -0.1) is 5.10 Å². The van der Waals surface area contributed by atoms with Crippen molar-refractivity contribution in [1.82, 2.24) is 14.6 Å². The van der Waals surface area contributed by atoms with Crippen molar-refractivity contribution in [3.05, 3.63) is 56.4 Å². The molecule has 0 radical (unpaired) electrons. The van der Waals surface area contributed by atoms with Crippen LogP contribution in [0, 0.1) is 6.92 Å². The second-order valence-corrected chi connectivity index (χ2v) is 7.76. The Morgan fingerprint density at radius 1 is 1.38 bits per heavy atom. The molecule has 0 saturated heterocycles. The first-order valence-electron chi connectivity index (χ1n) is 7.43. The summed E-state index contributed by atoms with van der Waals surface area (Å²) in [6.07, 6.45) is 1.61. The maximum absolute atomic E-state index is 12.8. The largest absolute Gasteiger partial charge is 0.300 e. The van der Waals surface area contributed by atoms with Crippen LogP contribution in [0.15, 0.2) is 39.6 Å². The maximum Gasteiger partial charge on any atom is 0.275 e. The normalized spacial score (nSPS) is 15.4. The first-order chi connectivity index (χ1) is 11.5. The zero-order valence-electron chi connectivity index (χ0n) is 12.7. The number of hydrogen-bond donors (Lipinski definition) is 1. The molecule has 3 aromatic rings. The van der Waals surface area contributed by atoms with Crippen LogP contribution >= 0.6 is 27.3 Å². The Morgan fingerprint density at radius 2 is 2.17 bits per heavy atom. The van der Waals surface area contributed by atoms with E-state index in [0.717, 1.165) is 22.9 Å². The summed E-state index contributed by atoms with van der Waals surface area (Å²) in [7, 11) is 0. The number of aromatic nitrogens is 3. The summed E-state index contributed by atoms with van der Waals surface area (Å²) in [6.45, 7) is 1.76. The number of benzene rings is 1. The molecule has 0 bridgehead atoms. The van der Waals surface area contributed by atoms with E-state index in [1.165, 1.54) is 21.9 Å². The average Bonchev–Trinajstić information content (AvgIpc) is 3.24. The molecule has 0 spiro atoms. The fraction of sp³-hybridized carbons (Fsp3) is 0.250. The van der Waals surface area contributed by atoms with Crippen molar-refractivity contribution in [3.63, 3.8) is 0 Å². The summed E-state index contributed by atoms with van der Waals surface area (Å²) >= 11 is 4.64. The number of carbonyl (C=O) groups excluding carboxylic acids is 1. The number of nitrogens with zero attached hydrogens (tertiary/aromatic N) is 3. The number of aryl methyl sites for hydroxylation is 1. The van der Waals surface area contributed by atoms with Crippen LogP contribution in [0.2, 0.25) is 0 Å². The van der Waals surface area contributed by atoms with E-state index in [1.807, 2.05) is 24.3 Å². The van der Waals surface area contributed by atoms with Crippen LogP contribution in [0.4, 0.5) is 5.13 Å². The van der Waals surface area contributed by atoms with Gasteiger partial charge in [-0.2, -0.15) is 4.52 Å². The van der Waals surface area contributed by atoms with Gasteiger partial charge in [0.1, 0.15) is 0 Å². The van der Waals surface area contributed by atoms with E-state index in [-0.39, 0.29) is 11.5 Å². The Balaban J connectivity index is 1.65. The van der Waals surface area contributed by atoms with Crippen LogP contribution < -0.4 is 10.9 Å². The molecule has 1 amide bonds. The summed E-state index contributed by atoms with van der Waals surface area (Å²) in [5, 5.41) is 7.40. The molecule has 8 heteroatoms. The number of anilines is 1. The third-order valence-electron chi connectivity index (χ3n) is 4.16. The molecule has 6 nitrogen and oxygen atoms in total. The molecule has 2 heterocycles. The van der Waals surface area contributed by atoms with E-state index in [0.29, 0.717) is 15.8 Å². The molecule has 2 aromatic heterocycles. The molecular formula is C16H13BrN4O2S. The van der Waals surface area contributed by atoms with Crippen molar-refractivity contribution in [1.29, 1.82) is 0 Å². The maximum atomic E-state index is 12.8. The molecule has 1 saturated carbocycles. The summed E-state index contributed by atoms with van der Waals surface area (Å²) in [5.41, 5.74) is 0.869. The Kier molecular flexibility index (Phi) is 3.54. The van der Waals surface area contributed by atoms with E-state index in [4.69, 9.17) is 0 Å². The first kappa shape index (κ1) is 15.5. The zero-order chi connectivity index (χ0) is 16.9. The second kappa shape index (κ2) is 5.49. The number of amides is 1. The highest BCUT2D eigenvalue weighted by Crippen LogP contribution is 2.49. The first-order valence-corrected chi connectivity index (χ1v) is 9.04. The summed E-state index contributed by atoms with van der Waals surface area (Å²) < 4.78 is 2.16. The average molecular weight is 405 g/mol. The lowest BCUT2D eigenvalue weighted by atomic mass is 9.95. The Bertz CT molecular complexity index is 1020. The summed E-state index contributed by atoms with van der Waals surface area (Å²) in [6, 6.07) is 9.22. The standard InChI is InChI=1S/C16H13BrN4O2S/c1-9-7-12(22)21-15(18-9)24-14(20-21)19-13(23)16(5-6-16)10-3-2-4-11(17)8-10/h2-4,7-8H,5-6H2,1H3,(H,19,20,23). The Morgan fingerprint density at radius 3 is 2.88 bits per heavy atom. The number of hydrogen-bond acceptors (Lipinski definition) is 5. The lowest BCUT2D eigenvalue weighted by Crippen LogP contribution is -2.28. The third kappa shape index (κ3) is 2.55. The van der Waals surface area contributed by atoms with Crippen LogP contribution in [-0.4, -0.2) is 20.5 Å². The molecule has 1 fully saturated rings. The Labute approximate surface area is 149 Å². The number of rotatable bonds is 3. The van der Waals surface area contributed by atoms with Crippen molar-refractivity contribution in [3.8, 4) is 0 Å². The zero-order valence-corrected chi connectivity index (χ0v) is 15.1. The smallest absolute Gasteiger partial charge is 0.275 e. The fourth-order valence-corrected chi connectivity index (χ4v) is 3.99. The van der Waals surface area contributed by atoms with Gasteiger partial charge in [-0.3, -0.25) is 14.9 Å². The van der Waals surface area contributed by atoms with E-state index in [1.54, 1.807) is 6.92 Å². The lowest BCUT2D eigenvalue weighted by molar-refractivity contribution is -0.118. The van der Waals surface area contributed by atoms with E-state index in [9.17, 15) is 9.59 Å². The van der Waals surface area contributed by atoms with Gasteiger partial charge in [0, 0.05) is 16.2 Å². The number of carbonyl (C=O) groups is 1. The van der Waals surface area contributed by atoms with Gasteiger partial charge < -0.3 is 0 Å². The van der Waals surface area contributed by atoms with Crippen LogP contribution in [-0.2, 0) is 10.2 Å². The van der Waals surface area contributed by atoms with E-state index >= 15 is 0 Å². The predicted molar refractivity (Wildman–Crippen MR) is 95.6 cm³/mol. The van der Waals surface area contributed by atoms with Gasteiger partial charge in [-0.25, -0.2) is 4.98 Å². The summed E-state index contributed by atoms with van der Waals surface area (Å²) in [4.78, 5) is 29.4. The quantitative estimate of drug-likeness (QED) is 0.727. The number of fused-ring (bicyclic) bond motifs is 1. The van der Waals surface area contributed by atoms with Crippen molar-refractivity contribution in [2.24, 2.45) is 0 Å². The minimum atomic E-state index is -0.504.